The Morgan fingerprint density at radius 3 is 2.59 bits per heavy atom. The minimum absolute atomic E-state index is 0.193. The summed E-state index contributed by atoms with van der Waals surface area (Å²) in [6.45, 7) is 4.24. The topological polar surface area (TPSA) is 102 Å². The van der Waals surface area contributed by atoms with E-state index in [4.69, 9.17) is 11.6 Å². The van der Waals surface area contributed by atoms with Crippen molar-refractivity contribution in [1.82, 2.24) is 25.5 Å². The number of anilines is 1. The molecule has 3 rings (SSSR count). The van der Waals surface area contributed by atoms with Crippen molar-refractivity contribution >= 4 is 29.1 Å². The minimum Gasteiger partial charge on any atom is -0.352 e. The lowest BCUT2D eigenvalue weighted by molar-refractivity contribution is -0.120. The number of hydrogen-bond donors (Lipinski definition) is 2. The lowest BCUT2D eigenvalue weighted by Crippen LogP contribution is -2.27. The van der Waals surface area contributed by atoms with Gasteiger partial charge in [-0.15, -0.1) is 10.2 Å². The second-order valence-corrected chi connectivity index (χ2v) is 6.73. The largest absolute Gasteiger partial charge is 0.352 e. The Morgan fingerprint density at radius 2 is 1.90 bits per heavy atom. The molecular weight excluding hydrogens is 392 g/mol. The van der Waals surface area contributed by atoms with Gasteiger partial charge < -0.3 is 10.6 Å². The van der Waals surface area contributed by atoms with Crippen molar-refractivity contribution < 1.29 is 9.59 Å². The van der Waals surface area contributed by atoms with Crippen molar-refractivity contribution in [2.45, 2.75) is 26.3 Å². The third-order valence-electron chi connectivity index (χ3n) is 4.23. The van der Waals surface area contributed by atoms with Gasteiger partial charge >= 0.3 is 0 Å². The maximum Gasteiger partial charge on any atom is 0.251 e. The molecule has 0 saturated carbocycles. The SMILES string of the molecule is CCNC(=O)c1cccc(NC(=O)C(CC)n2nnc(-c3ccc(Cl)cc3)n2)c1. The van der Waals surface area contributed by atoms with E-state index in [1.807, 2.05) is 13.8 Å². The van der Waals surface area contributed by atoms with Crippen LogP contribution in [0.2, 0.25) is 5.02 Å². The quantitative estimate of drug-likeness (QED) is 0.619. The summed E-state index contributed by atoms with van der Waals surface area (Å²) in [5.41, 5.74) is 1.75. The molecule has 2 amide bonds. The van der Waals surface area contributed by atoms with Gasteiger partial charge in [-0.2, -0.15) is 4.80 Å². The Morgan fingerprint density at radius 1 is 1.14 bits per heavy atom. The van der Waals surface area contributed by atoms with Crippen LogP contribution in [0, 0.1) is 0 Å². The number of halogens is 1. The summed E-state index contributed by atoms with van der Waals surface area (Å²) in [5.74, 6) is -0.0760. The molecule has 0 bridgehead atoms. The molecule has 9 heteroatoms. The zero-order valence-corrected chi connectivity index (χ0v) is 16.8. The highest BCUT2D eigenvalue weighted by atomic mass is 35.5. The maximum absolute atomic E-state index is 12.8. The minimum atomic E-state index is -0.642. The first-order chi connectivity index (χ1) is 14.0. The van der Waals surface area contributed by atoms with Gasteiger partial charge in [0.05, 0.1) is 0 Å². The average Bonchev–Trinajstić information content (AvgIpc) is 3.19. The number of hydrogen-bond acceptors (Lipinski definition) is 5. The molecule has 29 heavy (non-hydrogen) atoms. The molecule has 1 unspecified atom stereocenters. The van der Waals surface area contributed by atoms with Gasteiger partial charge in [-0.25, -0.2) is 0 Å². The van der Waals surface area contributed by atoms with E-state index in [1.54, 1.807) is 48.5 Å². The Bertz CT molecular complexity index is 1000. The molecular formula is C20H21ClN6O2. The number of rotatable bonds is 7. The average molecular weight is 413 g/mol. The Labute approximate surface area is 173 Å². The number of benzene rings is 2. The first kappa shape index (κ1) is 20.5. The van der Waals surface area contributed by atoms with E-state index in [2.05, 4.69) is 26.0 Å². The van der Waals surface area contributed by atoms with Crippen LogP contribution < -0.4 is 10.6 Å². The first-order valence-corrected chi connectivity index (χ1v) is 9.64. The number of nitrogens with one attached hydrogen (secondary N) is 2. The van der Waals surface area contributed by atoms with Crippen molar-refractivity contribution in [3.63, 3.8) is 0 Å². The highest BCUT2D eigenvalue weighted by Crippen LogP contribution is 2.19. The van der Waals surface area contributed by atoms with Gasteiger partial charge in [0, 0.05) is 28.4 Å². The van der Waals surface area contributed by atoms with E-state index in [9.17, 15) is 9.59 Å². The molecule has 2 aromatic carbocycles. The Kier molecular flexibility index (Phi) is 6.56. The molecule has 0 saturated heterocycles. The molecule has 150 valence electrons. The first-order valence-electron chi connectivity index (χ1n) is 9.26. The fourth-order valence-corrected chi connectivity index (χ4v) is 2.88. The van der Waals surface area contributed by atoms with Crippen LogP contribution >= 0.6 is 11.6 Å². The van der Waals surface area contributed by atoms with E-state index in [-0.39, 0.29) is 11.8 Å². The van der Waals surface area contributed by atoms with E-state index >= 15 is 0 Å². The van der Waals surface area contributed by atoms with Crippen LogP contribution in [0.1, 0.15) is 36.7 Å². The Balaban J connectivity index is 1.75. The molecule has 2 N–H and O–H groups in total. The van der Waals surface area contributed by atoms with Crippen molar-refractivity contribution in [1.29, 1.82) is 0 Å². The summed E-state index contributed by atoms with van der Waals surface area (Å²) in [6, 6.07) is 13.2. The number of amides is 2. The van der Waals surface area contributed by atoms with Crippen molar-refractivity contribution in [2.75, 3.05) is 11.9 Å². The van der Waals surface area contributed by atoms with Gasteiger partial charge in [-0.05, 0) is 61.0 Å². The summed E-state index contributed by atoms with van der Waals surface area (Å²) >= 11 is 5.90. The molecule has 0 radical (unpaired) electrons. The van der Waals surface area contributed by atoms with Crippen LogP contribution in [0.4, 0.5) is 5.69 Å². The summed E-state index contributed by atoms with van der Waals surface area (Å²) in [7, 11) is 0. The highest BCUT2D eigenvalue weighted by molar-refractivity contribution is 6.30. The predicted octanol–water partition coefficient (Wildman–Crippen LogP) is 3.33. The number of tetrazole rings is 1. The van der Waals surface area contributed by atoms with E-state index in [0.29, 0.717) is 35.1 Å². The fraction of sp³-hybridized carbons (Fsp3) is 0.250. The monoisotopic (exact) mass is 412 g/mol. The van der Waals surface area contributed by atoms with Gasteiger partial charge in [0.25, 0.3) is 11.8 Å². The maximum atomic E-state index is 12.8. The molecule has 1 atom stereocenters. The second-order valence-electron chi connectivity index (χ2n) is 6.29. The third-order valence-corrected chi connectivity index (χ3v) is 4.48. The number of carbonyl (C=O) groups is 2. The molecule has 0 aliphatic heterocycles. The smallest absolute Gasteiger partial charge is 0.251 e. The van der Waals surface area contributed by atoms with Gasteiger partial charge in [0.1, 0.15) is 0 Å². The van der Waals surface area contributed by atoms with Crippen LogP contribution in [0.5, 0.6) is 0 Å². The zero-order chi connectivity index (χ0) is 20.8. The lowest BCUT2D eigenvalue weighted by atomic mass is 10.1. The van der Waals surface area contributed by atoms with Crippen molar-refractivity contribution in [3.8, 4) is 11.4 Å². The van der Waals surface area contributed by atoms with E-state index in [1.165, 1.54) is 4.80 Å². The molecule has 1 aromatic heterocycles. The predicted molar refractivity (Wildman–Crippen MR) is 111 cm³/mol. The van der Waals surface area contributed by atoms with Crippen LogP contribution in [0.3, 0.4) is 0 Å². The molecule has 0 aliphatic rings. The normalized spacial score (nSPS) is 11.7. The van der Waals surface area contributed by atoms with Crippen LogP contribution in [0.15, 0.2) is 48.5 Å². The molecule has 0 aliphatic carbocycles. The van der Waals surface area contributed by atoms with Gasteiger partial charge in [-0.1, -0.05) is 24.6 Å². The van der Waals surface area contributed by atoms with Crippen molar-refractivity contribution in [2.24, 2.45) is 0 Å². The third kappa shape index (κ3) is 4.97. The van der Waals surface area contributed by atoms with Gasteiger partial charge in [0.15, 0.2) is 6.04 Å². The van der Waals surface area contributed by atoms with E-state index in [0.717, 1.165) is 5.56 Å². The summed E-state index contributed by atoms with van der Waals surface area (Å²) in [6.07, 6.45) is 0.470. The van der Waals surface area contributed by atoms with Crippen LogP contribution in [-0.2, 0) is 4.79 Å². The molecule has 0 fully saturated rings. The van der Waals surface area contributed by atoms with Crippen LogP contribution in [-0.4, -0.2) is 38.6 Å². The van der Waals surface area contributed by atoms with Crippen molar-refractivity contribution in [3.05, 3.63) is 59.1 Å². The number of carbonyl (C=O) groups excluding carboxylic acids is 2. The molecule has 1 heterocycles. The molecule has 3 aromatic rings. The number of nitrogens with zero attached hydrogens (tertiary/aromatic N) is 4. The standard InChI is InChI=1S/C20H21ClN6O2/c1-3-17(27-25-18(24-26-27)13-8-10-15(21)11-9-13)20(29)23-16-7-5-6-14(12-16)19(28)22-4-2/h5-12,17H,3-4H2,1-2H3,(H,22,28)(H,23,29). The summed E-state index contributed by atoms with van der Waals surface area (Å²) < 4.78 is 0. The fourth-order valence-electron chi connectivity index (χ4n) is 2.75. The Hall–Kier alpha value is -3.26. The molecule has 8 nitrogen and oxygen atoms in total. The van der Waals surface area contributed by atoms with Gasteiger partial charge in [-0.3, -0.25) is 9.59 Å². The summed E-state index contributed by atoms with van der Waals surface area (Å²) in [5, 5.41) is 18.6. The second kappa shape index (κ2) is 9.29. The summed E-state index contributed by atoms with van der Waals surface area (Å²) in [4.78, 5) is 26.1. The lowest BCUT2D eigenvalue weighted by Gasteiger charge is -2.14. The van der Waals surface area contributed by atoms with Crippen LogP contribution in [0.25, 0.3) is 11.4 Å². The van der Waals surface area contributed by atoms with Gasteiger partial charge in [0.2, 0.25) is 5.82 Å². The highest BCUT2D eigenvalue weighted by Gasteiger charge is 2.22. The molecule has 0 spiro atoms. The number of aromatic nitrogens is 4. The zero-order valence-electron chi connectivity index (χ0n) is 16.1. The van der Waals surface area contributed by atoms with E-state index < -0.39 is 6.04 Å².